The van der Waals surface area contributed by atoms with Gasteiger partial charge in [-0.2, -0.15) is 13.2 Å². The molecule has 3 aromatic rings. The van der Waals surface area contributed by atoms with Gasteiger partial charge in [0.25, 0.3) is 0 Å². The molecule has 0 atom stereocenters. The maximum atomic E-state index is 15.1. The fourth-order valence-electron chi connectivity index (χ4n) is 3.88. The Labute approximate surface area is 210 Å². The second-order valence-electron chi connectivity index (χ2n) is 8.44. The van der Waals surface area contributed by atoms with Crippen molar-refractivity contribution >= 4 is 23.3 Å². The van der Waals surface area contributed by atoms with Crippen molar-refractivity contribution in [3.05, 3.63) is 64.3 Å². The van der Waals surface area contributed by atoms with Crippen molar-refractivity contribution < 1.29 is 26.8 Å². The second-order valence-corrected chi connectivity index (χ2v) is 8.85. The van der Waals surface area contributed by atoms with Gasteiger partial charge in [0.1, 0.15) is 5.82 Å². The molecular weight excluding hydrogens is 502 g/mol. The van der Waals surface area contributed by atoms with Gasteiger partial charge in [-0.05, 0) is 43.3 Å². The van der Waals surface area contributed by atoms with E-state index in [1.54, 1.807) is 23.1 Å². The largest absolute Gasteiger partial charge is 0.470 e. The van der Waals surface area contributed by atoms with Crippen LogP contribution in [0.2, 0.25) is 5.02 Å². The summed E-state index contributed by atoms with van der Waals surface area (Å²) < 4.78 is 58.0. The fourth-order valence-corrected chi connectivity index (χ4v) is 4.05. The number of rotatable bonds is 5. The van der Waals surface area contributed by atoms with E-state index in [-0.39, 0.29) is 23.7 Å². The summed E-state index contributed by atoms with van der Waals surface area (Å²) in [4.78, 5) is 18.9. The zero-order valence-electron chi connectivity index (χ0n) is 19.6. The molecule has 0 N–H and O–H groups in total. The molecule has 0 saturated carbocycles. The van der Waals surface area contributed by atoms with Crippen LogP contribution in [0.4, 0.5) is 28.0 Å². The molecule has 4 rings (SSSR count). The van der Waals surface area contributed by atoms with E-state index in [1.807, 2.05) is 6.92 Å². The predicted molar refractivity (Wildman–Crippen MR) is 126 cm³/mol. The van der Waals surface area contributed by atoms with E-state index >= 15 is 4.39 Å². The molecule has 1 aliphatic heterocycles. The van der Waals surface area contributed by atoms with Crippen LogP contribution in [0, 0.1) is 12.7 Å². The van der Waals surface area contributed by atoms with Crippen LogP contribution in [0.15, 0.2) is 40.8 Å². The molecule has 12 heteroatoms. The van der Waals surface area contributed by atoms with Gasteiger partial charge in [-0.3, -0.25) is 4.90 Å². The highest BCUT2D eigenvalue weighted by Crippen LogP contribution is 2.31. The number of aromatic nitrogens is 2. The molecule has 1 aliphatic rings. The first-order valence-corrected chi connectivity index (χ1v) is 11.7. The lowest BCUT2D eigenvalue weighted by atomic mass is 10.1. The van der Waals surface area contributed by atoms with Gasteiger partial charge in [0.05, 0.1) is 6.54 Å². The number of aryl methyl sites for hydroxylation is 1. The van der Waals surface area contributed by atoms with Crippen molar-refractivity contribution in [2.24, 2.45) is 0 Å². The van der Waals surface area contributed by atoms with Crippen LogP contribution < -0.4 is 4.90 Å². The van der Waals surface area contributed by atoms with Gasteiger partial charge in [-0.25, -0.2) is 9.18 Å². The Bertz CT molecular complexity index is 1240. The Balaban J connectivity index is 1.61. The van der Waals surface area contributed by atoms with Crippen molar-refractivity contribution in [2.75, 3.05) is 37.6 Å². The summed E-state index contributed by atoms with van der Waals surface area (Å²) in [5, 5.41) is 6.79. The lowest BCUT2D eigenvalue weighted by Gasteiger charge is -2.37. The Hall–Kier alpha value is -3.18. The van der Waals surface area contributed by atoms with Crippen LogP contribution in [0.5, 0.6) is 0 Å². The Morgan fingerprint density at radius 1 is 1.11 bits per heavy atom. The molecule has 7 nitrogen and oxygen atoms in total. The van der Waals surface area contributed by atoms with E-state index in [4.69, 9.17) is 11.6 Å². The summed E-state index contributed by atoms with van der Waals surface area (Å²) >= 11 is 6.31. The molecule has 0 spiro atoms. The van der Waals surface area contributed by atoms with Gasteiger partial charge in [0, 0.05) is 48.0 Å². The molecule has 2 heterocycles. The molecule has 0 radical (unpaired) electrons. The lowest BCUT2D eigenvalue weighted by molar-refractivity contribution is -0.156. The maximum Gasteiger partial charge on any atom is 0.470 e. The summed E-state index contributed by atoms with van der Waals surface area (Å²) in [6, 6.07) is 8.64. The number of urea groups is 1. The van der Waals surface area contributed by atoms with E-state index in [1.165, 1.54) is 17.0 Å². The Morgan fingerprint density at radius 3 is 2.42 bits per heavy atom. The minimum Gasteiger partial charge on any atom is -0.413 e. The first-order valence-electron chi connectivity index (χ1n) is 11.3. The quantitative estimate of drug-likeness (QED) is 0.404. The summed E-state index contributed by atoms with van der Waals surface area (Å²) in [5.74, 6) is -2.70. The third kappa shape index (κ3) is 5.62. The number of hydrogen-bond acceptors (Lipinski definition) is 5. The van der Waals surface area contributed by atoms with E-state index in [0.717, 1.165) is 31.3 Å². The van der Waals surface area contributed by atoms with Gasteiger partial charge in [0.15, 0.2) is 0 Å². The number of likely N-dealkylation sites (N-methyl/N-ethyl adjacent to an activating group) is 1. The highest BCUT2D eigenvalue weighted by atomic mass is 35.5. The van der Waals surface area contributed by atoms with E-state index in [2.05, 4.69) is 26.4 Å². The number of alkyl halides is 3. The lowest BCUT2D eigenvalue weighted by Crippen LogP contribution is -2.52. The molecule has 192 valence electrons. The van der Waals surface area contributed by atoms with Crippen molar-refractivity contribution in [2.45, 2.75) is 26.6 Å². The normalized spacial score (nSPS) is 14.8. The summed E-state index contributed by atoms with van der Waals surface area (Å²) in [5.41, 5.74) is 1.49. The highest BCUT2D eigenvalue weighted by molar-refractivity contribution is 6.31. The van der Waals surface area contributed by atoms with E-state index in [9.17, 15) is 18.0 Å². The molecule has 0 bridgehead atoms. The Kier molecular flexibility index (Phi) is 7.51. The third-order valence-corrected chi connectivity index (χ3v) is 6.49. The topological polar surface area (TPSA) is 65.7 Å². The number of nitrogens with zero attached hydrogens (tertiary/aromatic N) is 5. The SMILES string of the molecule is CCN1CCN(C(=O)N(Cc2ccc(-c3nnc(C(F)(F)F)o3)cc2F)c2ccc(C)c(Cl)c2)CC1. The number of benzene rings is 2. The number of halogens is 5. The van der Waals surface area contributed by atoms with Crippen LogP contribution in [-0.2, 0) is 12.7 Å². The third-order valence-electron chi connectivity index (χ3n) is 6.08. The molecular formula is C24H24ClF4N5O2. The minimum atomic E-state index is -4.80. The molecule has 0 aliphatic carbocycles. The van der Waals surface area contributed by atoms with Crippen LogP contribution >= 0.6 is 11.6 Å². The monoisotopic (exact) mass is 525 g/mol. The standard InChI is InChI=1S/C24H24ClF4N5O2/c1-3-32-8-10-33(11-9-32)23(35)34(18-7-4-15(2)19(25)13-18)14-17-6-5-16(12-20(17)26)21-30-31-22(36-21)24(27,28)29/h4-7,12-13H,3,8-11,14H2,1-2H3. The maximum absolute atomic E-state index is 15.1. The van der Waals surface area contributed by atoms with Gasteiger partial charge in [-0.15, -0.1) is 10.2 Å². The van der Waals surface area contributed by atoms with E-state index in [0.29, 0.717) is 23.8 Å². The summed E-state index contributed by atoms with van der Waals surface area (Å²) in [7, 11) is 0. The Morgan fingerprint density at radius 2 is 1.83 bits per heavy atom. The van der Waals surface area contributed by atoms with E-state index < -0.39 is 23.8 Å². The average molecular weight is 526 g/mol. The van der Waals surface area contributed by atoms with Crippen LogP contribution in [0.25, 0.3) is 11.5 Å². The number of carbonyl (C=O) groups excluding carboxylic acids is 1. The molecule has 1 aromatic heterocycles. The number of hydrogen-bond donors (Lipinski definition) is 0. The van der Waals surface area contributed by atoms with Crippen molar-refractivity contribution in [3.8, 4) is 11.5 Å². The summed E-state index contributed by atoms with van der Waals surface area (Å²) in [6.07, 6.45) is -4.80. The minimum absolute atomic E-state index is 0.00815. The number of anilines is 1. The molecule has 2 aromatic carbocycles. The zero-order chi connectivity index (χ0) is 26.0. The van der Waals surface area contributed by atoms with Crippen LogP contribution in [-0.4, -0.2) is 58.8 Å². The molecule has 0 unspecified atom stereocenters. The molecule has 1 fully saturated rings. The number of carbonyl (C=O) groups is 1. The van der Waals surface area contributed by atoms with Gasteiger partial charge >= 0.3 is 18.1 Å². The summed E-state index contributed by atoms with van der Waals surface area (Å²) in [6.45, 7) is 7.20. The van der Waals surface area contributed by atoms with Crippen molar-refractivity contribution in [1.82, 2.24) is 20.0 Å². The van der Waals surface area contributed by atoms with Gasteiger partial charge < -0.3 is 14.2 Å². The highest BCUT2D eigenvalue weighted by Gasteiger charge is 2.38. The van der Waals surface area contributed by atoms with Crippen molar-refractivity contribution in [3.63, 3.8) is 0 Å². The molecule has 1 saturated heterocycles. The van der Waals surface area contributed by atoms with Gasteiger partial charge in [0.2, 0.25) is 5.89 Å². The fraction of sp³-hybridized carbons (Fsp3) is 0.375. The predicted octanol–water partition coefficient (Wildman–Crippen LogP) is 5.62. The van der Waals surface area contributed by atoms with Gasteiger partial charge in [-0.1, -0.05) is 30.7 Å². The van der Waals surface area contributed by atoms with Crippen LogP contribution in [0.1, 0.15) is 23.9 Å². The second kappa shape index (κ2) is 10.4. The number of amides is 2. The zero-order valence-corrected chi connectivity index (χ0v) is 20.4. The molecule has 2 amide bonds. The average Bonchev–Trinajstić information content (AvgIpc) is 3.36. The number of piperazine rings is 1. The van der Waals surface area contributed by atoms with Crippen molar-refractivity contribution in [1.29, 1.82) is 0 Å². The molecule has 36 heavy (non-hydrogen) atoms. The smallest absolute Gasteiger partial charge is 0.413 e. The first-order chi connectivity index (χ1) is 17.1. The first kappa shape index (κ1) is 25.9. The van der Waals surface area contributed by atoms with Crippen LogP contribution in [0.3, 0.4) is 0 Å².